The number of nitrogens with one attached hydrogen (secondary N) is 1. The van der Waals surface area contributed by atoms with E-state index in [4.69, 9.17) is 17.3 Å². The van der Waals surface area contributed by atoms with Crippen molar-refractivity contribution in [2.75, 3.05) is 38.2 Å². The minimum Gasteiger partial charge on any atom is -0.385 e. The average Bonchev–Trinajstić information content (AvgIpc) is 3.13. The third-order valence-corrected chi connectivity index (χ3v) is 5.60. The molecule has 0 unspecified atom stereocenters. The third-order valence-electron chi connectivity index (χ3n) is 5.29. The summed E-state index contributed by atoms with van der Waals surface area (Å²) in [5.41, 5.74) is 11.8. The van der Waals surface area contributed by atoms with Gasteiger partial charge < -0.3 is 16.0 Å². The van der Waals surface area contributed by atoms with E-state index in [2.05, 4.69) is 46.4 Å². The van der Waals surface area contributed by atoms with Crippen LogP contribution in [0.5, 0.6) is 0 Å². The highest BCUT2D eigenvalue weighted by atomic mass is 35.5. The van der Waals surface area contributed by atoms with Gasteiger partial charge in [0.15, 0.2) is 0 Å². The van der Waals surface area contributed by atoms with Crippen LogP contribution in [0.2, 0.25) is 5.02 Å². The number of anilines is 2. The normalized spacial score (nSPS) is 11.6. The maximum absolute atomic E-state index is 6.53. The van der Waals surface area contributed by atoms with Gasteiger partial charge in [-0.25, -0.2) is 9.97 Å². The molecule has 0 atom stereocenters. The molecule has 7 heteroatoms. The first-order chi connectivity index (χ1) is 14.5. The second-order valence-corrected chi connectivity index (χ2v) is 8.28. The van der Waals surface area contributed by atoms with Crippen molar-refractivity contribution >= 4 is 39.7 Å². The smallest absolute Gasteiger partial charge is 0.150 e. The molecule has 30 heavy (non-hydrogen) atoms. The van der Waals surface area contributed by atoms with Crippen molar-refractivity contribution in [1.29, 1.82) is 0 Å². The number of rotatable bonds is 7. The summed E-state index contributed by atoms with van der Waals surface area (Å²) in [6, 6.07) is 12.0. The van der Waals surface area contributed by atoms with Gasteiger partial charge in [-0.05, 0) is 70.2 Å². The van der Waals surface area contributed by atoms with E-state index < -0.39 is 0 Å². The number of unbranched alkanes of at least 4 members (excludes halogenated alkanes) is 1. The largest absolute Gasteiger partial charge is 0.385 e. The van der Waals surface area contributed by atoms with Gasteiger partial charge in [-0.3, -0.25) is 4.40 Å². The molecule has 4 aromatic rings. The molecule has 3 N–H and O–H groups in total. The van der Waals surface area contributed by atoms with Crippen LogP contribution >= 0.6 is 11.6 Å². The molecule has 0 spiro atoms. The summed E-state index contributed by atoms with van der Waals surface area (Å²) >= 11 is 6.53. The van der Waals surface area contributed by atoms with Crippen molar-refractivity contribution in [3.05, 3.63) is 53.2 Å². The summed E-state index contributed by atoms with van der Waals surface area (Å²) in [5, 5.41) is 4.16. The van der Waals surface area contributed by atoms with E-state index in [1.165, 1.54) is 0 Å². The number of nitrogens with zero attached hydrogens (tertiary/aromatic N) is 4. The SMILES string of the molecule is Cc1cccc(Cl)c1-c1ncc2c(N)nc3cc(NCCCCN(C)C)ccc3n12. The quantitative estimate of drug-likeness (QED) is 0.416. The monoisotopic (exact) mass is 422 g/mol. The number of aryl methyl sites for hydroxylation is 1. The number of hydrogen-bond acceptors (Lipinski definition) is 5. The van der Waals surface area contributed by atoms with Gasteiger partial charge in [0, 0.05) is 17.8 Å². The zero-order chi connectivity index (χ0) is 21.3. The van der Waals surface area contributed by atoms with E-state index in [1.807, 2.05) is 35.6 Å². The van der Waals surface area contributed by atoms with E-state index in [0.717, 1.165) is 65.1 Å². The van der Waals surface area contributed by atoms with Crippen LogP contribution in [-0.2, 0) is 0 Å². The summed E-state index contributed by atoms with van der Waals surface area (Å²) in [6.07, 6.45) is 4.04. The topological polar surface area (TPSA) is 71.5 Å². The molecule has 2 aromatic carbocycles. The third kappa shape index (κ3) is 3.93. The highest BCUT2D eigenvalue weighted by Gasteiger charge is 2.17. The van der Waals surface area contributed by atoms with Gasteiger partial charge in [0.1, 0.15) is 17.2 Å². The molecule has 2 aromatic heterocycles. The van der Waals surface area contributed by atoms with Crippen molar-refractivity contribution in [2.45, 2.75) is 19.8 Å². The Kier molecular flexibility index (Phi) is 5.79. The fourth-order valence-electron chi connectivity index (χ4n) is 3.75. The molecule has 0 radical (unpaired) electrons. The molecule has 0 saturated carbocycles. The lowest BCUT2D eigenvalue weighted by atomic mass is 10.1. The van der Waals surface area contributed by atoms with Crippen molar-refractivity contribution in [2.24, 2.45) is 0 Å². The summed E-state index contributed by atoms with van der Waals surface area (Å²) < 4.78 is 2.05. The molecule has 0 aliphatic carbocycles. The molecule has 2 heterocycles. The highest BCUT2D eigenvalue weighted by molar-refractivity contribution is 6.33. The van der Waals surface area contributed by atoms with Gasteiger partial charge >= 0.3 is 0 Å². The molecular formula is C23H27ClN6. The molecule has 6 nitrogen and oxygen atoms in total. The minimum absolute atomic E-state index is 0.453. The van der Waals surface area contributed by atoms with Crippen LogP contribution in [0.3, 0.4) is 0 Å². The Morgan fingerprint density at radius 3 is 2.73 bits per heavy atom. The standard InChI is InChI=1S/C23H27ClN6/c1-15-7-6-8-17(24)21(15)23-27-14-20-22(25)28-18-13-16(9-10-19(18)30(20)23)26-11-4-5-12-29(2)3/h6-10,13-14,26H,4-5,11-12H2,1-3H3,(H2,25,28). The molecule has 156 valence electrons. The Bertz CT molecular complexity index is 1180. The summed E-state index contributed by atoms with van der Waals surface area (Å²) in [5.74, 6) is 1.23. The first-order valence-electron chi connectivity index (χ1n) is 10.2. The Labute approximate surface area is 181 Å². The van der Waals surface area contributed by atoms with Crippen molar-refractivity contribution in [3.8, 4) is 11.4 Å². The van der Waals surface area contributed by atoms with Crippen molar-refractivity contribution < 1.29 is 0 Å². The number of fused-ring (bicyclic) bond motifs is 3. The lowest BCUT2D eigenvalue weighted by Gasteiger charge is -2.13. The second-order valence-electron chi connectivity index (χ2n) is 7.87. The maximum atomic E-state index is 6.53. The van der Waals surface area contributed by atoms with Gasteiger partial charge in [-0.2, -0.15) is 0 Å². The van der Waals surface area contributed by atoms with Crippen molar-refractivity contribution in [1.82, 2.24) is 19.3 Å². The molecule has 0 aliphatic rings. The van der Waals surface area contributed by atoms with Crippen LogP contribution in [-0.4, -0.2) is 46.5 Å². The fraction of sp³-hybridized carbons (Fsp3) is 0.304. The van der Waals surface area contributed by atoms with Crippen LogP contribution in [0, 0.1) is 6.92 Å². The number of nitrogen functional groups attached to an aromatic ring is 1. The molecule has 0 bridgehead atoms. The van der Waals surface area contributed by atoms with Crippen LogP contribution < -0.4 is 11.1 Å². The number of halogens is 1. The second kappa shape index (κ2) is 8.50. The molecule has 4 rings (SSSR count). The van der Waals surface area contributed by atoms with E-state index in [0.29, 0.717) is 10.8 Å². The zero-order valence-electron chi connectivity index (χ0n) is 17.6. The molecule has 0 aliphatic heterocycles. The minimum atomic E-state index is 0.453. The van der Waals surface area contributed by atoms with Crippen LogP contribution in [0.15, 0.2) is 42.6 Å². The summed E-state index contributed by atoms with van der Waals surface area (Å²) in [4.78, 5) is 11.5. The molecule has 0 saturated heterocycles. The molecule has 0 amide bonds. The Balaban J connectivity index is 1.72. The van der Waals surface area contributed by atoms with Gasteiger partial charge in [-0.15, -0.1) is 0 Å². The van der Waals surface area contributed by atoms with E-state index in [9.17, 15) is 0 Å². The first-order valence-corrected chi connectivity index (χ1v) is 10.5. The van der Waals surface area contributed by atoms with Gasteiger partial charge in [-0.1, -0.05) is 23.7 Å². The average molecular weight is 423 g/mol. The van der Waals surface area contributed by atoms with E-state index in [-0.39, 0.29) is 0 Å². The van der Waals surface area contributed by atoms with Gasteiger partial charge in [0.25, 0.3) is 0 Å². The summed E-state index contributed by atoms with van der Waals surface area (Å²) in [6.45, 7) is 4.06. The predicted molar refractivity (Wildman–Crippen MR) is 126 cm³/mol. The van der Waals surface area contributed by atoms with Crippen LogP contribution in [0.1, 0.15) is 18.4 Å². The fourth-order valence-corrected chi connectivity index (χ4v) is 4.06. The maximum Gasteiger partial charge on any atom is 0.150 e. The van der Waals surface area contributed by atoms with Crippen LogP contribution in [0.25, 0.3) is 27.9 Å². The number of nitrogens with two attached hydrogens (primary N) is 1. The van der Waals surface area contributed by atoms with Gasteiger partial charge in [0.05, 0.1) is 22.3 Å². The number of aromatic nitrogens is 3. The van der Waals surface area contributed by atoms with Crippen molar-refractivity contribution in [3.63, 3.8) is 0 Å². The Morgan fingerprint density at radius 2 is 1.97 bits per heavy atom. The van der Waals surface area contributed by atoms with E-state index >= 15 is 0 Å². The molecule has 0 fully saturated rings. The molecular weight excluding hydrogens is 396 g/mol. The number of benzene rings is 2. The Morgan fingerprint density at radius 1 is 1.13 bits per heavy atom. The van der Waals surface area contributed by atoms with E-state index in [1.54, 1.807) is 6.20 Å². The zero-order valence-corrected chi connectivity index (χ0v) is 18.4. The summed E-state index contributed by atoms with van der Waals surface area (Å²) in [7, 11) is 4.20. The lowest BCUT2D eigenvalue weighted by Crippen LogP contribution is -2.14. The lowest BCUT2D eigenvalue weighted by molar-refractivity contribution is 0.396. The first kappa shape index (κ1) is 20.4. The van der Waals surface area contributed by atoms with Crippen LogP contribution in [0.4, 0.5) is 11.5 Å². The highest BCUT2D eigenvalue weighted by Crippen LogP contribution is 2.33. The number of imidazole rings is 1. The Hall–Kier alpha value is -2.83. The predicted octanol–water partition coefficient (Wildman–Crippen LogP) is 4.85. The van der Waals surface area contributed by atoms with Gasteiger partial charge in [0.2, 0.25) is 0 Å². The number of hydrogen-bond donors (Lipinski definition) is 2.